The van der Waals surface area contributed by atoms with Crippen molar-refractivity contribution in [1.82, 2.24) is 15.1 Å². The van der Waals surface area contributed by atoms with Crippen LogP contribution in [0.15, 0.2) is 36.5 Å². The van der Waals surface area contributed by atoms with E-state index >= 15 is 0 Å². The fraction of sp³-hybridized carbons (Fsp3) is 0.600. The van der Waals surface area contributed by atoms with Crippen LogP contribution in [0, 0.1) is 5.92 Å². The average Bonchev–Trinajstić information content (AvgIpc) is 3.43. The molecular formula is C25H37N4O+. The van der Waals surface area contributed by atoms with Gasteiger partial charge in [-0.25, -0.2) is 0 Å². The highest BCUT2D eigenvalue weighted by Gasteiger charge is 2.32. The van der Waals surface area contributed by atoms with Gasteiger partial charge in [-0.15, -0.1) is 0 Å². The average molecular weight is 410 g/mol. The maximum absolute atomic E-state index is 13.5. The fourth-order valence-electron chi connectivity index (χ4n) is 5.45. The smallest absolute Gasteiger partial charge is 0.223 e. The zero-order valence-corrected chi connectivity index (χ0v) is 18.4. The molecule has 1 aliphatic carbocycles. The van der Waals surface area contributed by atoms with Crippen molar-refractivity contribution in [3.63, 3.8) is 0 Å². The number of nitrogens with zero attached hydrogens (tertiary/aromatic N) is 2. The lowest BCUT2D eigenvalue weighted by Crippen LogP contribution is -3.14. The van der Waals surface area contributed by atoms with E-state index in [4.69, 9.17) is 0 Å². The van der Waals surface area contributed by atoms with E-state index in [1.54, 1.807) is 4.90 Å². The number of hydrogen-bond acceptors (Lipinski definition) is 2. The second-order valence-electron chi connectivity index (χ2n) is 9.22. The molecule has 0 bridgehead atoms. The molecule has 1 aliphatic heterocycles. The number of aromatic nitrogens is 2. The molecule has 30 heavy (non-hydrogen) atoms. The predicted molar refractivity (Wildman–Crippen MR) is 120 cm³/mol. The van der Waals surface area contributed by atoms with E-state index in [0.29, 0.717) is 30.8 Å². The standard InChI is InChI=1S/C25H36N4O/c1-2-28-15-9-14-23(28)19-29(24(30)16-20-10-5-3-6-11-20)18-22-17-26-27-25(22)21-12-7-4-8-13-21/h4,7-8,12-13,17,20,23H,2-3,5-6,9-11,14-16,18-19H2,1H3,(H,26,27)/p+1/t23-/m0/s1. The highest BCUT2D eigenvalue weighted by atomic mass is 16.2. The summed E-state index contributed by atoms with van der Waals surface area (Å²) in [6, 6.07) is 10.9. The Hall–Kier alpha value is -2.14. The van der Waals surface area contributed by atoms with Crippen molar-refractivity contribution in [3.8, 4) is 11.3 Å². The van der Waals surface area contributed by atoms with Gasteiger partial charge in [0, 0.05) is 31.4 Å². The number of amides is 1. The third kappa shape index (κ3) is 5.12. The van der Waals surface area contributed by atoms with Crippen molar-refractivity contribution < 1.29 is 9.69 Å². The molecule has 1 amide bonds. The van der Waals surface area contributed by atoms with Crippen LogP contribution < -0.4 is 4.90 Å². The molecule has 0 spiro atoms. The molecule has 1 unspecified atom stereocenters. The number of likely N-dealkylation sites (N-methyl/N-ethyl adjacent to an activating group) is 1. The first kappa shape index (κ1) is 21.1. The largest absolute Gasteiger partial charge is 0.332 e. The highest BCUT2D eigenvalue weighted by molar-refractivity contribution is 5.77. The summed E-state index contributed by atoms with van der Waals surface area (Å²) >= 11 is 0. The van der Waals surface area contributed by atoms with Crippen LogP contribution in [0.25, 0.3) is 11.3 Å². The quantitative estimate of drug-likeness (QED) is 0.702. The molecule has 1 saturated carbocycles. The van der Waals surface area contributed by atoms with Gasteiger partial charge < -0.3 is 9.80 Å². The number of carbonyl (C=O) groups is 1. The van der Waals surface area contributed by atoms with E-state index < -0.39 is 0 Å². The number of aromatic amines is 1. The van der Waals surface area contributed by atoms with Gasteiger partial charge >= 0.3 is 0 Å². The summed E-state index contributed by atoms with van der Waals surface area (Å²) in [7, 11) is 0. The van der Waals surface area contributed by atoms with Gasteiger partial charge in [0.05, 0.1) is 31.5 Å². The molecule has 5 nitrogen and oxygen atoms in total. The number of nitrogens with one attached hydrogen (secondary N) is 2. The topological polar surface area (TPSA) is 53.4 Å². The highest BCUT2D eigenvalue weighted by Crippen LogP contribution is 2.28. The van der Waals surface area contributed by atoms with Crippen LogP contribution in [0.1, 0.15) is 63.9 Å². The zero-order chi connectivity index (χ0) is 20.8. The number of hydrogen-bond donors (Lipinski definition) is 2. The number of quaternary nitrogens is 1. The van der Waals surface area contributed by atoms with E-state index in [-0.39, 0.29) is 0 Å². The summed E-state index contributed by atoms with van der Waals surface area (Å²) in [5.41, 5.74) is 3.29. The van der Waals surface area contributed by atoms with Gasteiger partial charge in [0.25, 0.3) is 0 Å². The Kier molecular flexibility index (Phi) is 7.21. The van der Waals surface area contributed by atoms with Crippen molar-refractivity contribution in [2.75, 3.05) is 19.6 Å². The molecule has 1 aromatic heterocycles. The molecule has 2 aliphatic rings. The molecule has 2 fully saturated rings. The van der Waals surface area contributed by atoms with Crippen LogP contribution in [0.4, 0.5) is 0 Å². The minimum absolute atomic E-state index is 0.337. The monoisotopic (exact) mass is 409 g/mol. The van der Waals surface area contributed by atoms with Crippen LogP contribution >= 0.6 is 0 Å². The van der Waals surface area contributed by atoms with Crippen LogP contribution in [0.5, 0.6) is 0 Å². The van der Waals surface area contributed by atoms with Gasteiger partial charge in [-0.3, -0.25) is 9.89 Å². The van der Waals surface area contributed by atoms with Crippen LogP contribution in [0.3, 0.4) is 0 Å². The number of H-pyrrole nitrogens is 1. The van der Waals surface area contributed by atoms with Gasteiger partial charge in [-0.1, -0.05) is 49.6 Å². The molecule has 5 heteroatoms. The summed E-state index contributed by atoms with van der Waals surface area (Å²) < 4.78 is 0. The first-order valence-electron chi connectivity index (χ1n) is 11.9. The van der Waals surface area contributed by atoms with Crippen LogP contribution in [-0.4, -0.2) is 46.7 Å². The van der Waals surface area contributed by atoms with Crippen molar-refractivity contribution in [2.24, 2.45) is 5.92 Å². The molecular weight excluding hydrogens is 372 g/mol. The molecule has 2 heterocycles. The lowest BCUT2D eigenvalue weighted by Gasteiger charge is -2.30. The SMILES string of the molecule is CC[NH+]1CCC[C@H]1CN(Cc1cn[nH]c1-c1ccccc1)C(=O)CC1CCCCC1. The maximum Gasteiger partial charge on any atom is 0.223 e. The van der Waals surface area contributed by atoms with Gasteiger partial charge in [-0.05, 0) is 31.2 Å². The second-order valence-corrected chi connectivity index (χ2v) is 9.22. The van der Waals surface area contributed by atoms with E-state index in [0.717, 1.165) is 29.9 Å². The lowest BCUT2D eigenvalue weighted by atomic mass is 9.86. The molecule has 0 radical (unpaired) electrons. The Morgan fingerprint density at radius 2 is 1.93 bits per heavy atom. The van der Waals surface area contributed by atoms with Crippen molar-refractivity contribution in [3.05, 3.63) is 42.1 Å². The molecule has 162 valence electrons. The Morgan fingerprint density at radius 3 is 2.70 bits per heavy atom. The first-order valence-corrected chi connectivity index (χ1v) is 11.9. The Morgan fingerprint density at radius 1 is 1.13 bits per heavy atom. The summed E-state index contributed by atoms with van der Waals surface area (Å²) in [4.78, 5) is 17.3. The van der Waals surface area contributed by atoms with Gasteiger partial charge in [-0.2, -0.15) is 5.10 Å². The van der Waals surface area contributed by atoms with Gasteiger partial charge in [0.2, 0.25) is 5.91 Å². The second kappa shape index (κ2) is 10.3. The predicted octanol–water partition coefficient (Wildman–Crippen LogP) is 3.44. The summed E-state index contributed by atoms with van der Waals surface area (Å²) in [6.45, 7) is 6.18. The third-order valence-electron chi connectivity index (χ3n) is 7.20. The number of carbonyl (C=O) groups excluding carboxylic acids is 1. The zero-order valence-electron chi connectivity index (χ0n) is 18.4. The number of rotatable bonds is 8. The normalized spacial score (nSPS) is 22.3. The van der Waals surface area contributed by atoms with E-state index in [1.165, 1.54) is 51.5 Å². The van der Waals surface area contributed by atoms with Gasteiger partial charge in [0.15, 0.2) is 0 Å². The van der Waals surface area contributed by atoms with Crippen molar-refractivity contribution >= 4 is 5.91 Å². The summed E-state index contributed by atoms with van der Waals surface area (Å²) in [6.07, 6.45) is 11.5. The van der Waals surface area contributed by atoms with Crippen molar-refractivity contribution in [2.45, 2.75) is 70.9 Å². The first-order chi connectivity index (χ1) is 14.7. The number of benzene rings is 1. The Labute approximate surface area is 180 Å². The molecule has 2 atom stereocenters. The molecule has 2 aromatic rings. The minimum atomic E-state index is 0.337. The van der Waals surface area contributed by atoms with Crippen molar-refractivity contribution in [1.29, 1.82) is 0 Å². The van der Waals surface area contributed by atoms with Crippen LogP contribution in [-0.2, 0) is 11.3 Å². The third-order valence-corrected chi connectivity index (χ3v) is 7.20. The maximum atomic E-state index is 13.5. The lowest BCUT2D eigenvalue weighted by molar-refractivity contribution is -0.909. The minimum Gasteiger partial charge on any atom is -0.332 e. The molecule has 1 aromatic carbocycles. The van der Waals surface area contributed by atoms with E-state index in [2.05, 4.69) is 34.2 Å². The molecule has 4 rings (SSSR count). The summed E-state index contributed by atoms with van der Waals surface area (Å²) in [5, 5.41) is 7.49. The molecule has 2 N–H and O–H groups in total. The number of likely N-dealkylation sites (tertiary alicyclic amines) is 1. The Balaban J connectivity index is 1.51. The van der Waals surface area contributed by atoms with Gasteiger partial charge in [0.1, 0.15) is 6.04 Å². The fourth-order valence-corrected chi connectivity index (χ4v) is 5.45. The molecule has 1 saturated heterocycles. The van der Waals surface area contributed by atoms with E-state index in [1.807, 2.05) is 24.4 Å². The Bertz CT molecular complexity index is 796. The summed E-state index contributed by atoms with van der Waals surface area (Å²) in [5.74, 6) is 0.911. The van der Waals surface area contributed by atoms with Crippen LogP contribution in [0.2, 0.25) is 0 Å². The van der Waals surface area contributed by atoms with E-state index in [9.17, 15) is 4.79 Å².